The van der Waals surface area contributed by atoms with Crippen LogP contribution in [0.3, 0.4) is 0 Å². The number of nitrogens with zero attached hydrogens (tertiary/aromatic N) is 1. The second kappa shape index (κ2) is 6.33. The quantitative estimate of drug-likeness (QED) is 0.806. The number of hydrogen-bond donors (Lipinski definition) is 0. The second-order valence-electron chi connectivity index (χ2n) is 6.65. The molecule has 1 unspecified atom stereocenters. The van der Waals surface area contributed by atoms with Gasteiger partial charge in [-0.05, 0) is 46.1 Å². The molecule has 1 aromatic rings. The van der Waals surface area contributed by atoms with Gasteiger partial charge >= 0.3 is 6.09 Å². The van der Waals surface area contributed by atoms with Gasteiger partial charge in [-0.3, -0.25) is 0 Å². The van der Waals surface area contributed by atoms with Crippen LogP contribution < -0.4 is 0 Å². The van der Waals surface area contributed by atoms with Crippen LogP contribution in [0, 0.1) is 6.92 Å². The number of carbonyl (C=O) groups is 1. The summed E-state index contributed by atoms with van der Waals surface area (Å²) < 4.78 is 5.47. The average molecular weight is 287 g/mol. The normalized spacial score (nSPS) is 19.2. The molecule has 1 amide bonds. The van der Waals surface area contributed by atoms with E-state index in [4.69, 9.17) is 4.74 Å². The lowest BCUT2D eigenvalue weighted by atomic mass is 10.1. The van der Waals surface area contributed by atoms with Crippen molar-refractivity contribution in [1.29, 1.82) is 0 Å². The van der Waals surface area contributed by atoms with Gasteiger partial charge in [0.2, 0.25) is 0 Å². The van der Waals surface area contributed by atoms with Gasteiger partial charge in [-0.15, -0.1) is 0 Å². The molecule has 0 aromatic heterocycles. The molecule has 1 aliphatic heterocycles. The van der Waals surface area contributed by atoms with Crippen molar-refractivity contribution in [1.82, 2.24) is 4.90 Å². The molecule has 1 heterocycles. The van der Waals surface area contributed by atoms with Crippen molar-refractivity contribution in [3.63, 3.8) is 0 Å². The molecule has 21 heavy (non-hydrogen) atoms. The van der Waals surface area contributed by atoms with Gasteiger partial charge in [0, 0.05) is 6.54 Å². The fourth-order valence-electron chi connectivity index (χ4n) is 2.44. The summed E-state index contributed by atoms with van der Waals surface area (Å²) in [6.07, 6.45) is 6.02. The van der Waals surface area contributed by atoms with Crippen LogP contribution in [-0.2, 0) is 4.74 Å². The van der Waals surface area contributed by atoms with E-state index in [0.717, 1.165) is 24.9 Å². The van der Waals surface area contributed by atoms with Gasteiger partial charge in [-0.2, -0.15) is 0 Å². The summed E-state index contributed by atoms with van der Waals surface area (Å²) in [6, 6.07) is 8.53. The van der Waals surface area contributed by atoms with Crippen LogP contribution in [0.15, 0.2) is 30.3 Å². The highest BCUT2D eigenvalue weighted by molar-refractivity contribution is 5.69. The molecule has 0 radical (unpaired) electrons. The molecule has 1 aromatic carbocycles. The maximum atomic E-state index is 12.2. The Morgan fingerprint density at radius 3 is 2.57 bits per heavy atom. The molecule has 0 spiro atoms. The first-order chi connectivity index (χ1) is 9.85. The molecule has 1 fully saturated rings. The SMILES string of the molecule is Cc1ccc(/C=C/C2CCCN2C(=O)OC(C)(C)C)cc1. The van der Waals surface area contributed by atoms with Crippen molar-refractivity contribution in [2.24, 2.45) is 0 Å². The number of ether oxygens (including phenoxy) is 1. The molecule has 0 bridgehead atoms. The number of amides is 1. The lowest BCUT2D eigenvalue weighted by Gasteiger charge is -2.27. The minimum absolute atomic E-state index is 0.140. The highest BCUT2D eigenvalue weighted by Crippen LogP contribution is 2.22. The van der Waals surface area contributed by atoms with Crippen molar-refractivity contribution in [3.8, 4) is 0 Å². The van der Waals surface area contributed by atoms with E-state index >= 15 is 0 Å². The Labute approximate surface area is 127 Å². The van der Waals surface area contributed by atoms with Crippen LogP contribution in [0.4, 0.5) is 4.79 Å². The summed E-state index contributed by atoms with van der Waals surface area (Å²) in [5, 5.41) is 0. The molecular weight excluding hydrogens is 262 g/mol. The molecule has 3 nitrogen and oxygen atoms in total. The van der Waals surface area contributed by atoms with E-state index in [0.29, 0.717) is 0 Å². The lowest BCUT2D eigenvalue weighted by Crippen LogP contribution is -2.39. The molecule has 1 atom stereocenters. The molecular formula is C18H25NO2. The molecule has 114 valence electrons. The van der Waals surface area contributed by atoms with E-state index in [1.165, 1.54) is 5.56 Å². The van der Waals surface area contributed by atoms with E-state index in [-0.39, 0.29) is 12.1 Å². The third-order valence-electron chi connectivity index (χ3n) is 3.52. The van der Waals surface area contributed by atoms with Crippen LogP contribution >= 0.6 is 0 Å². The predicted octanol–water partition coefficient (Wildman–Crippen LogP) is 4.41. The van der Waals surface area contributed by atoms with E-state index in [1.54, 1.807) is 0 Å². The molecule has 3 heteroatoms. The smallest absolute Gasteiger partial charge is 0.410 e. The minimum atomic E-state index is -0.440. The van der Waals surface area contributed by atoms with E-state index in [2.05, 4.69) is 43.3 Å². The monoisotopic (exact) mass is 287 g/mol. The van der Waals surface area contributed by atoms with E-state index in [9.17, 15) is 4.79 Å². The Morgan fingerprint density at radius 1 is 1.29 bits per heavy atom. The molecule has 0 N–H and O–H groups in total. The van der Waals surface area contributed by atoms with Gasteiger partial charge in [0.15, 0.2) is 0 Å². The van der Waals surface area contributed by atoms with Crippen LogP contribution in [0.5, 0.6) is 0 Å². The maximum Gasteiger partial charge on any atom is 0.410 e. The fourth-order valence-corrected chi connectivity index (χ4v) is 2.44. The number of hydrogen-bond acceptors (Lipinski definition) is 2. The van der Waals surface area contributed by atoms with Gasteiger partial charge in [-0.25, -0.2) is 4.79 Å². The zero-order valence-electron chi connectivity index (χ0n) is 13.4. The number of carbonyl (C=O) groups excluding carboxylic acids is 1. The summed E-state index contributed by atoms with van der Waals surface area (Å²) in [5.41, 5.74) is 1.98. The first kappa shape index (κ1) is 15.6. The highest BCUT2D eigenvalue weighted by Gasteiger charge is 2.30. The Hall–Kier alpha value is -1.77. The Balaban J connectivity index is 2.01. The largest absolute Gasteiger partial charge is 0.444 e. The van der Waals surface area contributed by atoms with Gasteiger partial charge in [0.1, 0.15) is 5.60 Å². The fraction of sp³-hybridized carbons (Fsp3) is 0.500. The number of rotatable bonds is 2. The Kier molecular flexibility index (Phi) is 4.71. The maximum absolute atomic E-state index is 12.2. The van der Waals surface area contributed by atoms with Crippen molar-refractivity contribution in [3.05, 3.63) is 41.5 Å². The topological polar surface area (TPSA) is 29.5 Å². The van der Waals surface area contributed by atoms with E-state index < -0.39 is 5.60 Å². The third-order valence-corrected chi connectivity index (χ3v) is 3.52. The van der Waals surface area contributed by atoms with Gasteiger partial charge < -0.3 is 9.64 Å². The molecule has 1 aliphatic rings. The predicted molar refractivity (Wildman–Crippen MR) is 86.2 cm³/mol. The summed E-state index contributed by atoms with van der Waals surface area (Å²) in [6.45, 7) is 8.56. The summed E-state index contributed by atoms with van der Waals surface area (Å²) in [5.74, 6) is 0. The van der Waals surface area contributed by atoms with Gasteiger partial charge in [0.25, 0.3) is 0 Å². The Morgan fingerprint density at radius 2 is 1.95 bits per heavy atom. The van der Waals surface area contributed by atoms with Crippen LogP contribution in [0.25, 0.3) is 6.08 Å². The summed E-state index contributed by atoms with van der Waals surface area (Å²) in [4.78, 5) is 14.0. The molecule has 2 rings (SSSR count). The Bertz CT molecular complexity index is 511. The number of benzene rings is 1. The third kappa shape index (κ3) is 4.62. The summed E-state index contributed by atoms with van der Waals surface area (Å²) >= 11 is 0. The zero-order chi connectivity index (χ0) is 15.5. The molecule has 0 aliphatic carbocycles. The van der Waals surface area contributed by atoms with Crippen molar-refractivity contribution in [2.45, 2.75) is 52.2 Å². The minimum Gasteiger partial charge on any atom is -0.444 e. The van der Waals surface area contributed by atoms with Crippen LogP contribution in [0.2, 0.25) is 0 Å². The second-order valence-corrected chi connectivity index (χ2v) is 6.65. The van der Waals surface area contributed by atoms with Gasteiger partial charge in [-0.1, -0.05) is 42.0 Å². The number of likely N-dealkylation sites (tertiary alicyclic amines) is 1. The average Bonchev–Trinajstić information content (AvgIpc) is 2.84. The highest BCUT2D eigenvalue weighted by atomic mass is 16.6. The molecule has 0 saturated carbocycles. The summed E-state index contributed by atoms with van der Waals surface area (Å²) in [7, 11) is 0. The zero-order valence-corrected chi connectivity index (χ0v) is 13.4. The van der Waals surface area contributed by atoms with E-state index in [1.807, 2.05) is 25.7 Å². The van der Waals surface area contributed by atoms with Crippen LogP contribution in [-0.4, -0.2) is 29.2 Å². The standard InChI is InChI=1S/C18H25NO2/c1-14-7-9-15(10-8-14)11-12-16-6-5-13-19(16)17(20)21-18(2,3)4/h7-12,16H,5-6,13H2,1-4H3/b12-11+. The van der Waals surface area contributed by atoms with Crippen LogP contribution in [0.1, 0.15) is 44.7 Å². The van der Waals surface area contributed by atoms with Crippen molar-refractivity contribution >= 4 is 12.2 Å². The van der Waals surface area contributed by atoms with Crippen molar-refractivity contribution in [2.75, 3.05) is 6.54 Å². The first-order valence-electron chi connectivity index (χ1n) is 7.60. The number of aryl methyl sites for hydroxylation is 1. The van der Waals surface area contributed by atoms with Gasteiger partial charge in [0.05, 0.1) is 6.04 Å². The van der Waals surface area contributed by atoms with Crippen molar-refractivity contribution < 1.29 is 9.53 Å². The lowest BCUT2D eigenvalue weighted by molar-refractivity contribution is 0.0256. The first-order valence-corrected chi connectivity index (χ1v) is 7.60. The molecule has 1 saturated heterocycles.